The van der Waals surface area contributed by atoms with E-state index in [9.17, 15) is 14.0 Å². The van der Waals surface area contributed by atoms with Gasteiger partial charge in [0, 0.05) is 21.6 Å². The molecule has 0 bridgehead atoms. The number of amides is 2. The van der Waals surface area contributed by atoms with Gasteiger partial charge in [0.15, 0.2) is 5.76 Å². The number of aromatic nitrogens is 1. The second-order valence-corrected chi connectivity index (χ2v) is 7.43. The Labute approximate surface area is 179 Å². The first-order chi connectivity index (χ1) is 14.4. The zero-order chi connectivity index (χ0) is 21.3. The number of fused-ring (bicyclic) bond motifs is 1. The molecular formula is C22H15BrFN3O3. The molecule has 2 amide bonds. The van der Waals surface area contributed by atoms with E-state index in [-0.39, 0.29) is 22.8 Å². The molecule has 4 rings (SSSR count). The van der Waals surface area contributed by atoms with Gasteiger partial charge < -0.3 is 15.1 Å². The Morgan fingerprint density at radius 1 is 1.00 bits per heavy atom. The van der Waals surface area contributed by atoms with Gasteiger partial charge in [0.1, 0.15) is 17.1 Å². The fourth-order valence-electron chi connectivity index (χ4n) is 3.00. The second kappa shape index (κ2) is 8.08. The highest BCUT2D eigenvalue weighted by Crippen LogP contribution is 2.30. The van der Waals surface area contributed by atoms with Crippen molar-refractivity contribution in [3.8, 4) is 0 Å². The molecule has 6 nitrogen and oxygen atoms in total. The summed E-state index contributed by atoms with van der Waals surface area (Å²) in [4.78, 5) is 29.2. The molecule has 0 spiro atoms. The maximum absolute atomic E-state index is 13.8. The van der Waals surface area contributed by atoms with Gasteiger partial charge in [-0.3, -0.25) is 14.6 Å². The van der Waals surface area contributed by atoms with Gasteiger partial charge in [-0.25, -0.2) is 4.39 Å². The molecule has 2 aromatic carbocycles. The Kier molecular flexibility index (Phi) is 5.33. The van der Waals surface area contributed by atoms with E-state index in [2.05, 4.69) is 31.5 Å². The van der Waals surface area contributed by atoms with Gasteiger partial charge in [-0.05, 0) is 55.5 Å². The van der Waals surface area contributed by atoms with Crippen LogP contribution in [-0.4, -0.2) is 16.8 Å². The summed E-state index contributed by atoms with van der Waals surface area (Å²) in [5.74, 6) is -1.50. The number of carbonyl (C=O) groups is 2. The van der Waals surface area contributed by atoms with Crippen molar-refractivity contribution < 1.29 is 18.4 Å². The van der Waals surface area contributed by atoms with Crippen molar-refractivity contribution in [2.45, 2.75) is 6.92 Å². The third-order valence-electron chi connectivity index (χ3n) is 4.48. The summed E-state index contributed by atoms with van der Waals surface area (Å²) >= 11 is 3.40. The minimum absolute atomic E-state index is 0.102. The van der Waals surface area contributed by atoms with E-state index in [4.69, 9.17) is 4.42 Å². The Morgan fingerprint density at radius 2 is 1.80 bits per heavy atom. The number of nitrogens with one attached hydrogen (secondary N) is 2. The number of benzene rings is 2. The van der Waals surface area contributed by atoms with E-state index in [0.717, 1.165) is 15.9 Å². The second-order valence-electron chi connectivity index (χ2n) is 6.51. The van der Waals surface area contributed by atoms with Crippen molar-refractivity contribution in [3.63, 3.8) is 0 Å². The number of carbonyl (C=O) groups excluding carboxylic acids is 2. The van der Waals surface area contributed by atoms with Crippen LogP contribution in [-0.2, 0) is 0 Å². The van der Waals surface area contributed by atoms with Gasteiger partial charge in [0.25, 0.3) is 11.8 Å². The van der Waals surface area contributed by atoms with E-state index >= 15 is 0 Å². The molecule has 30 heavy (non-hydrogen) atoms. The predicted molar refractivity (Wildman–Crippen MR) is 115 cm³/mol. The summed E-state index contributed by atoms with van der Waals surface area (Å²) in [7, 11) is 0. The topological polar surface area (TPSA) is 84.2 Å². The average Bonchev–Trinajstić information content (AvgIpc) is 3.06. The molecule has 0 saturated heterocycles. The number of nitrogens with zero attached hydrogens (tertiary/aromatic N) is 1. The third-order valence-corrected chi connectivity index (χ3v) is 4.97. The number of aryl methyl sites for hydroxylation is 1. The minimum atomic E-state index is -0.564. The van der Waals surface area contributed by atoms with E-state index in [1.165, 1.54) is 18.3 Å². The van der Waals surface area contributed by atoms with Crippen LogP contribution < -0.4 is 10.6 Å². The SMILES string of the molecule is Cc1c(C(=O)Nc2cc(F)ccc2NC(=O)c2ccccn2)oc2ccc(Br)cc12. The Balaban J connectivity index is 1.63. The van der Waals surface area contributed by atoms with Gasteiger partial charge in [0.05, 0.1) is 11.4 Å². The van der Waals surface area contributed by atoms with Gasteiger partial charge in [-0.15, -0.1) is 0 Å². The highest BCUT2D eigenvalue weighted by atomic mass is 79.9. The molecule has 4 aromatic rings. The Morgan fingerprint density at radius 3 is 2.57 bits per heavy atom. The summed E-state index contributed by atoms with van der Waals surface area (Å²) in [5.41, 5.74) is 1.74. The summed E-state index contributed by atoms with van der Waals surface area (Å²) < 4.78 is 20.4. The molecule has 0 aliphatic heterocycles. The van der Waals surface area contributed by atoms with Crippen LogP contribution in [0, 0.1) is 12.7 Å². The fraction of sp³-hybridized carbons (Fsp3) is 0.0455. The van der Waals surface area contributed by atoms with Gasteiger partial charge in [-0.2, -0.15) is 0 Å². The summed E-state index contributed by atoms with van der Waals surface area (Å²) in [5, 5.41) is 6.05. The molecule has 150 valence electrons. The largest absolute Gasteiger partial charge is 0.451 e. The van der Waals surface area contributed by atoms with Crippen LogP contribution in [0.3, 0.4) is 0 Å². The molecule has 0 saturated carbocycles. The first-order valence-corrected chi connectivity index (χ1v) is 9.73. The highest BCUT2D eigenvalue weighted by Gasteiger charge is 2.20. The molecule has 0 radical (unpaired) electrons. The summed E-state index contributed by atoms with van der Waals surface area (Å²) in [6, 6.07) is 14.0. The molecule has 8 heteroatoms. The van der Waals surface area contributed by atoms with Crippen LogP contribution in [0.2, 0.25) is 0 Å². The molecular weight excluding hydrogens is 453 g/mol. The molecule has 2 heterocycles. The lowest BCUT2D eigenvalue weighted by atomic mass is 10.1. The maximum Gasteiger partial charge on any atom is 0.291 e. The van der Waals surface area contributed by atoms with E-state index < -0.39 is 17.6 Å². The molecule has 0 fully saturated rings. The molecule has 0 unspecified atom stereocenters. The number of rotatable bonds is 4. The lowest BCUT2D eigenvalue weighted by Gasteiger charge is -2.12. The molecule has 0 aliphatic rings. The van der Waals surface area contributed by atoms with Crippen LogP contribution in [0.1, 0.15) is 26.6 Å². The lowest BCUT2D eigenvalue weighted by Crippen LogP contribution is -2.17. The number of furan rings is 1. The molecule has 0 atom stereocenters. The number of pyridine rings is 1. The molecule has 0 aliphatic carbocycles. The van der Waals surface area contributed by atoms with Crippen molar-refractivity contribution >= 4 is 50.1 Å². The standard InChI is InChI=1S/C22H15BrFN3O3/c1-12-15-10-13(23)5-8-19(15)30-20(12)22(29)27-18-11-14(24)6-7-16(18)26-21(28)17-4-2-3-9-25-17/h2-11H,1H3,(H,26,28)(H,27,29). The van der Waals surface area contributed by atoms with Crippen LogP contribution in [0.4, 0.5) is 15.8 Å². The smallest absolute Gasteiger partial charge is 0.291 e. The third kappa shape index (κ3) is 3.95. The minimum Gasteiger partial charge on any atom is -0.451 e. The van der Waals surface area contributed by atoms with E-state index in [1.807, 2.05) is 12.1 Å². The Bertz CT molecular complexity index is 1270. The van der Waals surface area contributed by atoms with Crippen LogP contribution in [0.5, 0.6) is 0 Å². The van der Waals surface area contributed by atoms with Gasteiger partial charge in [0.2, 0.25) is 0 Å². The lowest BCUT2D eigenvalue weighted by molar-refractivity contribution is 0.0993. The number of anilines is 2. The van der Waals surface area contributed by atoms with E-state index in [0.29, 0.717) is 11.1 Å². The normalized spacial score (nSPS) is 10.8. The van der Waals surface area contributed by atoms with Gasteiger partial charge in [-0.1, -0.05) is 22.0 Å². The van der Waals surface area contributed by atoms with Crippen LogP contribution in [0.15, 0.2) is 69.7 Å². The van der Waals surface area contributed by atoms with Crippen LogP contribution in [0.25, 0.3) is 11.0 Å². The van der Waals surface area contributed by atoms with Crippen molar-refractivity contribution in [3.05, 3.63) is 88.1 Å². The fourth-order valence-corrected chi connectivity index (χ4v) is 3.36. The Hall–Kier alpha value is -3.52. The van der Waals surface area contributed by atoms with Crippen molar-refractivity contribution in [1.29, 1.82) is 0 Å². The molecule has 2 aromatic heterocycles. The van der Waals surface area contributed by atoms with E-state index in [1.54, 1.807) is 31.2 Å². The quantitative estimate of drug-likeness (QED) is 0.412. The number of hydrogen-bond donors (Lipinski definition) is 2. The zero-order valence-electron chi connectivity index (χ0n) is 15.7. The monoisotopic (exact) mass is 467 g/mol. The first-order valence-electron chi connectivity index (χ1n) is 8.94. The van der Waals surface area contributed by atoms with Crippen LogP contribution >= 0.6 is 15.9 Å². The first kappa shape index (κ1) is 19.8. The van der Waals surface area contributed by atoms with Gasteiger partial charge >= 0.3 is 0 Å². The predicted octanol–water partition coefficient (Wildman–Crippen LogP) is 5.54. The van der Waals surface area contributed by atoms with Crippen molar-refractivity contribution in [1.82, 2.24) is 4.98 Å². The maximum atomic E-state index is 13.8. The summed E-state index contributed by atoms with van der Waals surface area (Å²) in [6.07, 6.45) is 1.49. The number of halogens is 2. The zero-order valence-corrected chi connectivity index (χ0v) is 17.3. The number of hydrogen-bond acceptors (Lipinski definition) is 4. The average molecular weight is 468 g/mol. The summed E-state index contributed by atoms with van der Waals surface area (Å²) in [6.45, 7) is 1.77. The van der Waals surface area contributed by atoms with Crippen molar-refractivity contribution in [2.24, 2.45) is 0 Å². The van der Waals surface area contributed by atoms with Crippen molar-refractivity contribution in [2.75, 3.05) is 10.6 Å². The molecule has 2 N–H and O–H groups in total. The highest BCUT2D eigenvalue weighted by molar-refractivity contribution is 9.10.